The second kappa shape index (κ2) is 7.28. The summed E-state index contributed by atoms with van der Waals surface area (Å²) >= 11 is 0. The zero-order valence-electron chi connectivity index (χ0n) is 16.9. The molecule has 0 amide bonds. The van der Waals surface area contributed by atoms with Crippen LogP contribution in [0.15, 0.2) is 76.6 Å². The van der Waals surface area contributed by atoms with Gasteiger partial charge in [0.05, 0.1) is 11.4 Å². The standard InChI is InChI=1S/C22H21N5O3S/c1-25-12-10-17-8-9-19(14-20(17)25)31(29,30)24-18-6-4-5-16(13-18)15-27-22(28)26-11-3-2-7-21(26)23-27/h2-9,11,13-14,24H,10,12,15H2,1H3. The van der Waals surface area contributed by atoms with Gasteiger partial charge in [-0.05, 0) is 53.9 Å². The Kier molecular flexibility index (Phi) is 4.55. The van der Waals surface area contributed by atoms with Gasteiger partial charge < -0.3 is 4.90 Å². The van der Waals surface area contributed by atoms with E-state index < -0.39 is 10.0 Å². The van der Waals surface area contributed by atoms with Crippen LogP contribution in [0.2, 0.25) is 0 Å². The third kappa shape index (κ3) is 3.57. The largest absolute Gasteiger partial charge is 0.374 e. The van der Waals surface area contributed by atoms with Crippen LogP contribution in [0.5, 0.6) is 0 Å². The summed E-state index contributed by atoms with van der Waals surface area (Å²) in [4.78, 5) is 14.8. The van der Waals surface area contributed by atoms with Crippen molar-refractivity contribution in [1.82, 2.24) is 14.2 Å². The normalized spacial score (nSPS) is 13.5. The van der Waals surface area contributed by atoms with Gasteiger partial charge in [0.1, 0.15) is 0 Å². The summed E-state index contributed by atoms with van der Waals surface area (Å²) in [6.07, 6.45) is 2.59. The lowest BCUT2D eigenvalue weighted by atomic mass is 10.2. The monoisotopic (exact) mass is 435 g/mol. The Bertz CT molecular complexity index is 1460. The molecule has 0 saturated heterocycles. The lowest BCUT2D eigenvalue weighted by Gasteiger charge is -2.14. The van der Waals surface area contributed by atoms with Gasteiger partial charge in [-0.15, -0.1) is 5.10 Å². The van der Waals surface area contributed by atoms with Crippen molar-refractivity contribution in [3.63, 3.8) is 0 Å². The van der Waals surface area contributed by atoms with Crippen molar-refractivity contribution in [3.05, 3.63) is 88.5 Å². The maximum absolute atomic E-state index is 12.9. The minimum absolute atomic E-state index is 0.224. The van der Waals surface area contributed by atoms with E-state index in [2.05, 4.69) is 14.7 Å². The molecule has 0 spiro atoms. The second-order valence-electron chi connectivity index (χ2n) is 7.64. The van der Waals surface area contributed by atoms with Crippen molar-refractivity contribution in [1.29, 1.82) is 0 Å². The van der Waals surface area contributed by atoms with Gasteiger partial charge in [0.15, 0.2) is 5.65 Å². The molecule has 0 saturated carbocycles. The SMILES string of the molecule is CN1CCc2ccc(S(=O)(=O)Nc3cccc(Cn4nc5ccccn5c4=O)c3)cc21. The van der Waals surface area contributed by atoms with E-state index in [1.54, 1.807) is 48.7 Å². The van der Waals surface area contributed by atoms with Crippen LogP contribution in [0.4, 0.5) is 11.4 Å². The fraction of sp³-hybridized carbons (Fsp3) is 0.182. The van der Waals surface area contributed by atoms with E-state index in [1.807, 2.05) is 25.2 Å². The van der Waals surface area contributed by atoms with E-state index in [-0.39, 0.29) is 17.1 Å². The van der Waals surface area contributed by atoms with Gasteiger partial charge in [-0.3, -0.25) is 9.12 Å². The number of nitrogens with one attached hydrogen (secondary N) is 1. The number of rotatable bonds is 5. The van der Waals surface area contributed by atoms with Crippen LogP contribution in [-0.2, 0) is 23.0 Å². The van der Waals surface area contributed by atoms with Crippen LogP contribution in [0.1, 0.15) is 11.1 Å². The van der Waals surface area contributed by atoms with Gasteiger partial charge in [0, 0.05) is 31.2 Å². The third-order valence-electron chi connectivity index (χ3n) is 5.49. The van der Waals surface area contributed by atoms with E-state index in [1.165, 1.54) is 9.08 Å². The molecule has 3 heterocycles. The Morgan fingerprint density at radius 2 is 1.94 bits per heavy atom. The Balaban J connectivity index is 1.41. The molecule has 1 aliphatic rings. The van der Waals surface area contributed by atoms with Crippen LogP contribution in [0, 0.1) is 0 Å². The zero-order chi connectivity index (χ0) is 21.6. The van der Waals surface area contributed by atoms with Gasteiger partial charge in [-0.2, -0.15) is 0 Å². The van der Waals surface area contributed by atoms with Crippen LogP contribution >= 0.6 is 0 Å². The number of likely N-dealkylation sites (N-methyl/N-ethyl adjacent to an activating group) is 1. The van der Waals surface area contributed by atoms with Crippen LogP contribution < -0.4 is 15.3 Å². The van der Waals surface area contributed by atoms with Crippen LogP contribution in [0.25, 0.3) is 5.65 Å². The fourth-order valence-corrected chi connectivity index (χ4v) is 4.95. The first-order valence-corrected chi connectivity index (χ1v) is 11.4. The summed E-state index contributed by atoms with van der Waals surface area (Å²) in [6, 6.07) is 17.6. The number of anilines is 2. The molecule has 0 aliphatic carbocycles. The number of fused-ring (bicyclic) bond motifs is 2. The van der Waals surface area contributed by atoms with Crippen molar-refractivity contribution < 1.29 is 8.42 Å². The van der Waals surface area contributed by atoms with Crippen molar-refractivity contribution in [2.45, 2.75) is 17.9 Å². The molecule has 1 N–H and O–H groups in total. The lowest BCUT2D eigenvalue weighted by molar-refractivity contribution is 0.601. The third-order valence-corrected chi connectivity index (χ3v) is 6.87. The number of hydrogen-bond donors (Lipinski definition) is 1. The Labute approximate surface area is 179 Å². The maximum atomic E-state index is 12.9. The number of aromatic nitrogens is 3. The molecule has 31 heavy (non-hydrogen) atoms. The summed E-state index contributed by atoms with van der Waals surface area (Å²) in [6.45, 7) is 1.12. The molecule has 8 nitrogen and oxygen atoms in total. The predicted molar refractivity (Wildman–Crippen MR) is 119 cm³/mol. The summed E-state index contributed by atoms with van der Waals surface area (Å²) in [5.41, 5.74) is 3.61. The average molecular weight is 436 g/mol. The van der Waals surface area contributed by atoms with Gasteiger partial charge in [0.25, 0.3) is 10.0 Å². The molecule has 158 valence electrons. The highest BCUT2D eigenvalue weighted by molar-refractivity contribution is 7.92. The van der Waals surface area contributed by atoms with Crippen molar-refractivity contribution in [2.75, 3.05) is 23.2 Å². The summed E-state index contributed by atoms with van der Waals surface area (Å²) < 4.78 is 31.4. The maximum Gasteiger partial charge on any atom is 0.350 e. The Morgan fingerprint density at radius 3 is 2.77 bits per heavy atom. The zero-order valence-corrected chi connectivity index (χ0v) is 17.7. The topological polar surface area (TPSA) is 88.7 Å². The number of nitrogens with zero attached hydrogens (tertiary/aromatic N) is 4. The molecule has 0 bridgehead atoms. The van der Waals surface area contributed by atoms with Gasteiger partial charge >= 0.3 is 5.69 Å². The van der Waals surface area contributed by atoms with Crippen LogP contribution in [0.3, 0.4) is 0 Å². The molecule has 5 rings (SSSR count). The fourth-order valence-electron chi connectivity index (χ4n) is 3.88. The molecule has 0 radical (unpaired) electrons. The highest BCUT2D eigenvalue weighted by Crippen LogP contribution is 2.30. The van der Waals surface area contributed by atoms with Crippen molar-refractivity contribution in [3.8, 4) is 0 Å². The molecular weight excluding hydrogens is 414 g/mol. The van der Waals surface area contributed by atoms with Crippen molar-refractivity contribution >= 4 is 27.0 Å². The molecule has 0 atom stereocenters. The summed E-state index contributed by atoms with van der Waals surface area (Å²) in [5, 5.41) is 4.32. The lowest BCUT2D eigenvalue weighted by Crippen LogP contribution is -2.21. The summed E-state index contributed by atoms with van der Waals surface area (Å²) in [5.74, 6) is 0. The molecule has 1 aliphatic heterocycles. The molecule has 2 aromatic carbocycles. The summed E-state index contributed by atoms with van der Waals surface area (Å²) in [7, 11) is -1.78. The van der Waals surface area contributed by atoms with Gasteiger partial charge in [-0.25, -0.2) is 17.9 Å². The van der Waals surface area contributed by atoms with Crippen LogP contribution in [-0.4, -0.2) is 36.2 Å². The minimum atomic E-state index is -3.74. The number of pyridine rings is 1. The first kappa shape index (κ1) is 19.4. The van der Waals surface area contributed by atoms with E-state index in [0.29, 0.717) is 11.3 Å². The predicted octanol–water partition coefficient (Wildman–Crippen LogP) is 2.34. The highest BCUT2D eigenvalue weighted by atomic mass is 32.2. The van der Waals surface area contributed by atoms with E-state index in [9.17, 15) is 13.2 Å². The first-order valence-electron chi connectivity index (χ1n) is 9.91. The smallest absolute Gasteiger partial charge is 0.350 e. The van der Waals surface area contributed by atoms with E-state index >= 15 is 0 Å². The number of hydrogen-bond acceptors (Lipinski definition) is 5. The molecule has 2 aromatic heterocycles. The van der Waals surface area contributed by atoms with E-state index in [0.717, 1.165) is 29.8 Å². The minimum Gasteiger partial charge on any atom is -0.374 e. The quantitative estimate of drug-likeness (QED) is 0.520. The Morgan fingerprint density at radius 1 is 1.06 bits per heavy atom. The van der Waals surface area contributed by atoms with Gasteiger partial charge in [0.2, 0.25) is 0 Å². The van der Waals surface area contributed by atoms with Crippen molar-refractivity contribution in [2.24, 2.45) is 0 Å². The molecule has 4 aromatic rings. The Hall–Kier alpha value is -3.59. The van der Waals surface area contributed by atoms with E-state index in [4.69, 9.17) is 0 Å². The molecule has 0 unspecified atom stereocenters. The first-order chi connectivity index (χ1) is 14.9. The average Bonchev–Trinajstić information content (AvgIpc) is 3.28. The van der Waals surface area contributed by atoms with Gasteiger partial charge in [-0.1, -0.05) is 24.3 Å². The molecular formula is C22H21N5O3S. The second-order valence-corrected chi connectivity index (χ2v) is 9.32. The molecule has 0 fully saturated rings. The highest BCUT2D eigenvalue weighted by Gasteiger charge is 2.21. The number of sulfonamides is 1. The number of benzene rings is 2. The molecule has 9 heteroatoms.